The summed E-state index contributed by atoms with van der Waals surface area (Å²) < 4.78 is 35.4. The third-order valence-electron chi connectivity index (χ3n) is 15.2. The molecule has 71 heavy (non-hydrogen) atoms. The summed E-state index contributed by atoms with van der Waals surface area (Å²) in [6.45, 7) is 12.6. The molecule has 3 aliphatic heterocycles. The van der Waals surface area contributed by atoms with Crippen LogP contribution in [0.1, 0.15) is 126 Å². The molecular weight excluding hydrogens is 917 g/mol. The van der Waals surface area contributed by atoms with E-state index in [-0.39, 0.29) is 48.4 Å². The van der Waals surface area contributed by atoms with Crippen molar-refractivity contribution in [2.75, 3.05) is 42.0 Å². The van der Waals surface area contributed by atoms with Crippen molar-refractivity contribution in [1.29, 1.82) is 0 Å². The van der Waals surface area contributed by atoms with Gasteiger partial charge in [0.05, 0.1) is 31.5 Å². The fourth-order valence-corrected chi connectivity index (χ4v) is 10.5. The number of allylic oxidation sites excluding steroid dienone is 6. The first-order chi connectivity index (χ1) is 33.6. The molecule has 2 unspecified atom stereocenters. The molecule has 0 aromatic rings. The minimum absolute atomic E-state index is 0.00661. The molecule has 2 amide bonds. The molecule has 15 atom stereocenters. The highest BCUT2D eigenvalue weighted by Crippen LogP contribution is 2.38. The lowest BCUT2D eigenvalue weighted by Crippen LogP contribution is -2.61. The highest BCUT2D eigenvalue weighted by Gasteiger charge is 2.53. The standard InChI is InChI=1S/C54H84N2O15/c1-32-18-14-13-15-19-33(2)44(65-9)30-40-23-21-38(7)54(64,71-40)50(60)51(61)56-25-17-16-20-41(56)52(62)69-45(31-42(57)34(3)27-37(6)48(59)49(67-11)47(58)36(5)26-32)35(4)28-39-22-24-43(46(29-39)66-10)70-53(63)55(8)68-12/h13-15,18-19,27,32,35-41,43-46,48-49,59,64H,16-17,20-26,28-31H2,1-12H3/t32-,35-,36?,37?,38-,39+,40+,41+,43-,44+,45+,46-,48-,49+,54-/m1/s1. The van der Waals surface area contributed by atoms with Crippen molar-refractivity contribution >= 4 is 35.3 Å². The normalized spacial score (nSPS) is 35.5. The number of piperidine rings is 1. The van der Waals surface area contributed by atoms with Gasteiger partial charge in [-0.15, -0.1) is 0 Å². The minimum atomic E-state index is -2.45. The topological polar surface area (TPSA) is 214 Å². The predicted molar refractivity (Wildman–Crippen MR) is 264 cm³/mol. The van der Waals surface area contributed by atoms with Gasteiger partial charge in [-0.2, -0.15) is 5.06 Å². The minimum Gasteiger partial charge on any atom is -0.460 e. The summed E-state index contributed by atoms with van der Waals surface area (Å²) in [7, 11) is 7.30. The molecule has 0 radical (unpaired) electrons. The van der Waals surface area contributed by atoms with E-state index in [2.05, 4.69) is 0 Å². The van der Waals surface area contributed by atoms with Gasteiger partial charge in [-0.25, -0.2) is 9.59 Å². The van der Waals surface area contributed by atoms with Crippen LogP contribution in [-0.2, 0) is 57.2 Å². The van der Waals surface area contributed by atoms with Gasteiger partial charge in [-0.05, 0) is 107 Å². The number of fused-ring (bicyclic) bond motifs is 3. The van der Waals surface area contributed by atoms with E-state index in [0.717, 1.165) is 10.6 Å². The van der Waals surface area contributed by atoms with E-state index >= 15 is 0 Å². The van der Waals surface area contributed by atoms with Gasteiger partial charge < -0.3 is 43.5 Å². The summed E-state index contributed by atoms with van der Waals surface area (Å²) in [6, 6.07) is -1.18. The highest BCUT2D eigenvalue weighted by molar-refractivity contribution is 6.39. The Hall–Kier alpha value is -4.10. The van der Waals surface area contributed by atoms with Gasteiger partial charge in [-0.3, -0.25) is 24.0 Å². The Morgan fingerprint density at radius 2 is 1.61 bits per heavy atom. The number of esters is 1. The molecule has 17 heteroatoms. The average Bonchev–Trinajstić information content (AvgIpc) is 3.35. The van der Waals surface area contributed by atoms with E-state index in [0.29, 0.717) is 64.2 Å². The summed E-state index contributed by atoms with van der Waals surface area (Å²) in [4.78, 5) is 89.8. The summed E-state index contributed by atoms with van der Waals surface area (Å²) in [5.41, 5.74) is 1.16. The van der Waals surface area contributed by atoms with Crippen LogP contribution >= 0.6 is 0 Å². The van der Waals surface area contributed by atoms with Gasteiger partial charge in [-0.1, -0.05) is 71.1 Å². The van der Waals surface area contributed by atoms with E-state index in [1.165, 1.54) is 26.2 Å². The molecule has 4 rings (SSSR count). The van der Waals surface area contributed by atoms with Gasteiger partial charge in [0.1, 0.15) is 24.4 Å². The first-order valence-corrected chi connectivity index (χ1v) is 25.6. The number of aliphatic hydroxyl groups is 2. The number of ether oxygens (including phenoxy) is 6. The molecule has 0 aromatic carbocycles. The number of nitrogens with zero attached hydrogens (tertiary/aromatic N) is 2. The molecule has 1 aliphatic carbocycles. The second-order valence-electron chi connectivity index (χ2n) is 20.6. The number of hydroxylamine groups is 2. The van der Waals surface area contributed by atoms with Crippen LogP contribution in [0, 0.1) is 35.5 Å². The largest absolute Gasteiger partial charge is 0.460 e. The van der Waals surface area contributed by atoms with Crippen LogP contribution in [0.3, 0.4) is 0 Å². The van der Waals surface area contributed by atoms with E-state index < -0.39 is 102 Å². The summed E-state index contributed by atoms with van der Waals surface area (Å²) in [5, 5.41) is 24.5. The molecule has 2 bridgehead atoms. The Morgan fingerprint density at radius 1 is 0.887 bits per heavy atom. The fourth-order valence-electron chi connectivity index (χ4n) is 10.5. The second kappa shape index (κ2) is 27.8. The Morgan fingerprint density at radius 3 is 2.27 bits per heavy atom. The number of hydrogen-bond acceptors (Lipinski definition) is 15. The second-order valence-corrected chi connectivity index (χ2v) is 20.6. The number of ketones is 3. The molecule has 3 fully saturated rings. The smallest absolute Gasteiger partial charge is 0.434 e. The first kappa shape index (κ1) is 59.5. The quantitative estimate of drug-likeness (QED) is 0.145. The molecule has 0 aromatic heterocycles. The van der Waals surface area contributed by atoms with Crippen LogP contribution in [-0.4, -0.2) is 152 Å². The maximum absolute atomic E-state index is 14.5. The van der Waals surface area contributed by atoms with E-state index in [1.807, 2.05) is 58.1 Å². The van der Waals surface area contributed by atoms with Crippen molar-refractivity contribution in [3.8, 4) is 0 Å². The molecule has 1 saturated carbocycles. The van der Waals surface area contributed by atoms with Crippen LogP contribution in [0.4, 0.5) is 4.79 Å². The summed E-state index contributed by atoms with van der Waals surface area (Å²) in [6.07, 6.45) is 9.93. The fraction of sp³-hybridized carbons (Fsp3) is 0.741. The zero-order valence-electron chi connectivity index (χ0n) is 44.3. The number of amides is 2. The van der Waals surface area contributed by atoms with Crippen molar-refractivity contribution in [2.24, 2.45) is 35.5 Å². The molecule has 3 heterocycles. The SMILES string of the molecule is CO[C@H]1C[C@@H]2CC[C@@H](C)[C@@](O)(O2)C(=O)C(=O)N2CCCC[C@H]2C(=O)O[C@H]([C@H](C)C[C@@H]2CC[C@@H](OC(=O)N(C)OC)[C@H](OC)C2)CC(=O)C(C)=CC(C)[C@@H](O)[C@@H](OC)C(=O)C(C)C[C@H](C)C=CC=CC=C1C. The number of methoxy groups -OCH3 is 3. The van der Waals surface area contributed by atoms with Gasteiger partial charge in [0.25, 0.3) is 11.7 Å². The van der Waals surface area contributed by atoms with Gasteiger partial charge >= 0.3 is 12.1 Å². The Kier molecular flexibility index (Phi) is 23.3. The number of carbonyl (C=O) groups excluding carboxylic acids is 6. The van der Waals surface area contributed by atoms with Crippen LogP contribution in [0.15, 0.2) is 47.6 Å². The van der Waals surface area contributed by atoms with E-state index in [1.54, 1.807) is 41.1 Å². The number of rotatable bonds is 8. The zero-order chi connectivity index (χ0) is 52.7. The van der Waals surface area contributed by atoms with E-state index in [9.17, 15) is 39.0 Å². The van der Waals surface area contributed by atoms with E-state index in [4.69, 9.17) is 33.3 Å². The maximum Gasteiger partial charge on any atom is 0.434 e. The number of hydrogen-bond donors (Lipinski definition) is 2. The summed E-state index contributed by atoms with van der Waals surface area (Å²) in [5.74, 6) is -8.31. The van der Waals surface area contributed by atoms with Gasteiger partial charge in [0, 0.05) is 65.5 Å². The Labute approximate surface area is 421 Å². The Bertz CT molecular complexity index is 1950. The zero-order valence-corrected chi connectivity index (χ0v) is 44.3. The summed E-state index contributed by atoms with van der Waals surface area (Å²) >= 11 is 0. The third kappa shape index (κ3) is 15.9. The van der Waals surface area contributed by atoms with Gasteiger partial charge in [0.15, 0.2) is 11.6 Å². The molecule has 4 aliphatic rings. The number of aliphatic hydroxyl groups excluding tert-OH is 1. The molecule has 2 saturated heterocycles. The average molecular weight is 1000 g/mol. The predicted octanol–water partition coefficient (Wildman–Crippen LogP) is 6.82. The molecule has 17 nitrogen and oxygen atoms in total. The first-order valence-electron chi connectivity index (χ1n) is 25.6. The van der Waals surface area contributed by atoms with Crippen molar-refractivity contribution in [3.05, 3.63) is 47.6 Å². The monoisotopic (exact) mass is 1000 g/mol. The molecule has 400 valence electrons. The third-order valence-corrected chi connectivity index (χ3v) is 15.2. The molecule has 0 spiro atoms. The van der Waals surface area contributed by atoms with Crippen molar-refractivity contribution < 1.29 is 72.2 Å². The Balaban J connectivity index is 1.70. The van der Waals surface area contributed by atoms with Crippen LogP contribution in [0.5, 0.6) is 0 Å². The van der Waals surface area contributed by atoms with Crippen molar-refractivity contribution in [2.45, 2.75) is 180 Å². The van der Waals surface area contributed by atoms with Crippen LogP contribution in [0.2, 0.25) is 0 Å². The van der Waals surface area contributed by atoms with Crippen LogP contribution in [0.25, 0.3) is 0 Å². The lowest BCUT2D eigenvalue weighted by Gasteiger charge is -2.42. The van der Waals surface area contributed by atoms with Crippen molar-refractivity contribution in [3.63, 3.8) is 0 Å². The number of cyclic esters (lactones) is 1. The highest BCUT2D eigenvalue weighted by atomic mass is 16.7. The number of carbonyl (C=O) groups is 6. The van der Waals surface area contributed by atoms with Crippen molar-refractivity contribution in [1.82, 2.24) is 9.96 Å². The molecular formula is C54H84N2O15. The maximum atomic E-state index is 14.5. The van der Waals surface area contributed by atoms with Crippen LogP contribution < -0.4 is 0 Å². The molecule has 2 N–H and O–H groups in total. The lowest BCUT2D eigenvalue weighted by atomic mass is 9.78. The lowest BCUT2D eigenvalue weighted by molar-refractivity contribution is -0.265. The van der Waals surface area contributed by atoms with Gasteiger partial charge in [0.2, 0.25) is 5.79 Å². The number of Topliss-reactive ketones (excluding diaryl/α,β-unsaturated/α-hetero) is 3.